The molecule has 0 radical (unpaired) electrons. The number of morpholine rings is 1. The Labute approximate surface area is 194 Å². The summed E-state index contributed by atoms with van der Waals surface area (Å²) >= 11 is 0. The van der Waals surface area contributed by atoms with Crippen molar-refractivity contribution in [2.45, 2.75) is 26.0 Å². The maximum absolute atomic E-state index is 10.8. The van der Waals surface area contributed by atoms with E-state index >= 15 is 0 Å². The molecule has 1 fully saturated rings. The van der Waals surface area contributed by atoms with Crippen LogP contribution in [-0.4, -0.2) is 82.3 Å². The van der Waals surface area contributed by atoms with Gasteiger partial charge >= 0.3 is 0 Å². The molecule has 9 nitrogen and oxygen atoms in total. The average Bonchev–Trinajstić information content (AvgIpc) is 3.26. The van der Waals surface area contributed by atoms with Crippen molar-refractivity contribution in [3.63, 3.8) is 0 Å². The molecule has 1 aliphatic rings. The molecule has 0 bridgehead atoms. The van der Waals surface area contributed by atoms with Gasteiger partial charge in [-0.3, -0.25) is 4.90 Å². The van der Waals surface area contributed by atoms with Crippen molar-refractivity contribution < 1.29 is 9.84 Å². The minimum Gasteiger partial charge on any atom is -0.387 e. The number of rotatable bonds is 8. The molecule has 10 heteroatoms. The van der Waals surface area contributed by atoms with Gasteiger partial charge in [-0.25, -0.2) is 14.7 Å². The van der Waals surface area contributed by atoms with E-state index < -0.39 is 5.60 Å². The normalized spacial score (nSPS) is 17.1. The van der Waals surface area contributed by atoms with Gasteiger partial charge < -0.3 is 20.5 Å². The highest BCUT2D eigenvalue weighted by atomic mass is 127. The number of β-amino-alcohol motifs (C(OH)–C–C–N with tert-alkyl or cyclic N) is 1. The molecule has 166 valence electrons. The standard InChI is InChI=1S/C20H31N7O2.HI/c1-3-21-19(24-15-20(2,28)16-26-9-11-29-12-10-26)23-14-17-5-7-22-18(13-17)27-8-4-6-25-27;/h4-8,13,28H,3,9-12,14-16H2,1-2H3,(H2,21,23,24);1H. The Morgan fingerprint density at radius 3 is 2.80 bits per heavy atom. The van der Waals surface area contributed by atoms with Gasteiger partial charge in [-0.1, -0.05) is 0 Å². The van der Waals surface area contributed by atoms with Crippen LogP contribution in [0.25, 0.3) is 5.82 Å². The molecule has 0 spiro atoms. The first kappa shape index (κ1) is 24.5. The van der Waals surface area contributed by atoms with Gasteiger partial charge in [0.1, 0.15) is 0 Å². The minimum atomic E-state index is -0.864. The van der Waals surface area contributed by atoms with Gasteiger partial charge in [-0.2, -0.15) is 5.10 Å². The summed E-state index contributed by atoms with van der Waals surface area (Å²) in [6.45, 7) is 9.26. The monoisotopic (exact) mass is 529 g/mol. The Bertz CT molecular complexity index is 777. The third kappa shape index (κ3) is 7.82. The zero-order valence-electron chi connectivity index (χ0n) is 17.6. The summed E-state index contributed by atoms with van der Waals surface area (Å²) in [5, 5.41) is 21.5. The van der Waals surface area contributed by atoms with Crippen LogP contribution in [0.2, 0.25) is 0 Å². The van der Waals surface area contributed by atoms with Gasteiger partial charge in [-0.15, -0.1) is 24.0 Å². The largest absolute Gasteiger partial charge is 0.387 e. The van der Waals surface area contributed by atoms with Gasteiger partial charge in [0, 0.05) is 51.3 Å². The second-order valence-corrected chi connectivity index (χ2v) is 7.41. The lowest BCUT2D eigenvalue weighted by atomic mass is 10.1. The third-order valence-electron chi connectivity index (χ3n) is 4.62. The van der Waals surface area contributed by atoms with E-state index in [2.05, 4.69) is 30.6 Å². The number of aliphatic hydroxyl groups is 1. The summed E-state index contributed by atoms with van der Waals surface area (Å²) in [5.74, 6) is 1.43. The first-order chi connectivity index (χ1) is 14.1. The number of hydrogen-bond donors (Lipinski definition) is 3. The smallest absolute Gasteiger partial charge is 0.191 e. The molecule has 3 heterocycles. The van der Waals surface area contributed by atoms with Crippen molar-refractivity contribution >= 4 is 29.9 Å². The van der Waals surface area contributed by atoms with Gasteiger partial charge in [0.05, 0.1) is 25.4 Å². The van der Waals surface area contributed by atoms with Crippen LogP contribution in [0.1, 0.15) is 19.4 Å². The van der Waals surface area contributed by atoms with Crippen molar-refractivity contribution in [1.29, 1.82) is 0 Å². The fraction of sp³-hybridized carbons (Fsp3) is 0.550. The summed E-state index contributed by atoms with van der Waals surface area (Å²) < 4.78 is 7.09. The first-order valence-electron chi connectivity index (χ1n) is 10.1. The van der Waals surface area contributed by atoms with E-state index in [0.717, 1.165) is 44.2 Å². The summed E-state index contributed by atoms with van der Waals surface area (Å²) in [7, 11) is 0. The quantitative estimate of drug-likeness (QED) is 0.267. The second kappa shape index (κ2) is 12.2. The number of nitrogens with one attached hydrogen (secondary N) is 2. The van der Waals surface area contributed by atoms with Crippen molar-refractivity contribution in [3.8, 4) is 5.82 Å². The van der Waals surface area contributed by atoms with E-state index in [4.69, 9.17) is 4.74 Å². The molecule has 0 aliphatic carbocycles. The molecule has 1 aliphatic heterocycles. The Hall–Kier alpha value is -1.76. The average molecular weight is 529 g/mol. The number of ether oxygens (including phenoxy) is 1. The van der Waals surface area contributed by atoms with Crippen LogP contribution in [0.3, 0.4) is 0 Å². The van der Waals surface area contributed by atoms with Gasteiger partial charge in [0.25, 0.3) is 0 Å². The lowest BCUT2D eigenvalue weighted by Gasteiger charge is -2.34. The molecule has 30 heavy (non-hydrogen) atoms. The Balaban J connectivity index is 0.00000320. The van der Waals surface area contributed by atoms with Crippen molar-refractivity contribution in [1.82, 2.24) is 30.3 Å². The van der Waals surface area contributed by atoms with Crippen molar-refractivity contribution in [2.24, 2.45) is 4.99 Å². The van der Waals surface area contributed by atoms with Crippen molar-refractivity contribution in [2.75, 3.05) is 45.9 Å². The maximum Gasteiger partial charge on any atom is 0.191 e. The maximum atomic E-state index is 10.8. The van der Waals surface area contributed by atoms with Crippen LogP contribution in [0.5, 0.6) is 0 Å². The summed E-state index contributed by atoms with van der Waals surface area (Å²) in [5.41, 5.74) is 0.167. The molecule has 1 unspecified atom stereocenters. The van der Waals surface area contributed by atoms with E-state index in [1.54, 1.807) is 17.1 Å². The summed E-state index contributed by atoms with van der Waals surface area (Å²) in [6, 6.07) is 5.77. The summed E-state index contributed by atoms with van der Waals surface area (Å²) in [6.07, 6.45) is 5.34. The second-order valence-electron chi connectivity index (χ2n) is 7.41. The van der Waals surface area contributed by atoms with Crippen LogP contribution < -0.4 is 10.6 Å². The van der Waals surface area contributed by atoms with E-state index in [-0.39, 0.29) is 24.0 Å². The molecule has 3 rings (SSSR count). The Morgan fingerprint density at radius 1 is 1.30 bits per heavy atom. The molecule has 0 amide bonds. The lowest BCUT2D eigenvalue weighted by molar-refractivity contribution is -0.0201. The minimum absolute atomic E-state index is 0. The van der Waals surface area contributed by atoms with Crippen LogP contribution in [0.15, 0.2) is 41.8 Å². The third-order valence-corrected chi connectivity index (χ3v) is 4.62. The molecular formula is C20H32IN7O2. The predicted molar refractivity (Wildman–Crippen MR) is 127 cm³/mol. The Morgan fingerprint density at radius 2 is 2.10 bits per heavy atom. The molecule has 3 N–H and O–H groups in total. The Kier molecular flexibility index (Phi) is 9.95. The number of aromatic nitrogens is 3. The van der Waals surface area contributed by atoms with Gasteiger partial charge in [0.2, 0.25) is 0 Å². The first-order valence-corrected chi connectivity index (χ1v) is 10.1. The SMILES string of the molecule is CCNC(=NCc1ccnc(-n2cccn2)c1)NCC(C)(O)CN1CCOCC1.I. The highest BCUT2D eigenvalue weighted by Crippen LogP contribution is 2.09. The van der Waals surface area contributed by atoms with Crippen LogP contribution in [0.4, 0.5) is 0 Å². The number of guanidine groups is 1. The molecule has 0 saturated carbocycles. The molecule has 1 saturated heterocycles. The van der Waals surface area contributed by atoms with Crippen LogP contribution >= 0.6 is 24.0 Å². The highest BCUT2D eigenvalue weighted by Gasteiger charge is 2.25. The molecule has 2 aromatic rings. The number of nitrogens with zero attached hydrogens (tertiary/aromatic N) is 5. The van der Waals surface area contributed by atoms with Gasteiger partial charge in [-0.05, 0) is 37.6 Å². The molecule has 0 aromatic carbocycles. The fourth-order valence-corrected chi connectivity index (χ4v) is 3.17. The zero-order valence-corrected chi connectivity index (χ0v) is 20.0. The molecular weight excluding hydrogens is 497 g/mol. The molecule has 1 atom stereocenters. The van der Waals surface area contributed by atoms with Crippen LogP contribution in [-0.2, 0) is 11.3 Å². The number of halogens is 1. The van der Waals surface area contributed by atoms with E-state index in [1.807, 2.05) is 38.2 Å². The zero-order chi connectivity index (χ0) is 20.5. The fourth-order valence-electron chi connectivity index (χ4n) is 3.17. The van der Waals surface area contributed by atoms with Crippen LogP contribution in [0, 0.1) is 0 Å². The highest BCUT2D eigenvalue weighted by molar-refractivity contribution is 14.0. The van der Waals surface area contributed by atoms with E-state index in [0.29, 0.717) is 25.6 Å². The lowest BCUT2D eigenvalue weighted by Crippen LogP contribution is -2.52. The number of pyridine rings is 1. The number of aliphatic imine (C=N–C) groups is 1. The predicted octanol–water partition coefficient (Wildman–Crippen LogP) is 1.02. The van der Waals surface area contributed by atoms with E-state index in [9.17, 15) is 5.11 Å². The molecule has 2 aromatic heterocycles. The summed E-state index contributed by atoms with van der Waals surface area (Å²) in [4.78, 5) is 11.2. The van der Waals surface area contributed by atoms with E-state index in [1.165, 1.54) is 0 Å². The number of hydrogen-bond acceptors (Lipinski definition) is 6. The van der Waals surface area contributed by atoms with Gasteiger partial charge in [0.15, 0.2) is 11.8 Å². The topological polar surface area (TPSA) is 99.8 Å². The van der Waals surface area contributed by atoms with Crippen molar-refractivity contribution in [3.05, 3.63) is 42.4 Å².